The smallest absolute Gasteiger partial charge is 0.221 e. The topological polar surface area (TPSA) is 66.9 Å². The number of amides is 1. The van der Waals surface area contributed by atoms with Crippen molar-refractivity contribution >= 4 is 11.7 Å². The van der Waals surface area contributed by atoms with E-state index in [9.17, 15) is 4.79 Å². The first-order valence-corrected chi connectivity index (χ1v) is 5.44. The van der Waals surface area contributed by atoms with E-state index in [2.05, 4.69) is 20.6 Å². The summed E-state index contributed by atoms with van der Waals surface area (Å²) in [6.45, 7) is 6.93. The van der Waals surface area contributed by atoms with Crippen LogP contribution in [0.4, 0.5) is 5.82 Å². The largest absolute Gasteiger partial charge is 0.369 e. The Hall–Kier alpha value is -1.65. The van der Waals surface area contributed by atoms with E-state index < -0.39 is 0 Å². The van der Waals surface area contributed by atoms with Crippen molar-refractivity contribution in [3.63, 3.8) is 0 Å². The van der Waals surface area contributed by atoms with Crippen LogP contribution in [-0.2, 0) is 4.79 Å². The molecule has 0 saturated carbocycles. The Morgan fingerprint density at radius 2 is 2.12 bits per heavy atom. The molecule has 0 aliphatic heterocycles. The van der Waals surface area contributed by atoms with Crippen LogP contribution < -0.4 is 10.6 Å². The monoisotopic (exact) mass is 222 g/mol. The summed E-state index contributed by atoms with van der Waals surface area (Å²) in [7, 11) is 0. The molecule has 0 aliphatic rings. The second kappa shape index (κ2) is 6.05. The van der Waals surface area contributed by atoms with E-state index in [0.717, 1.165) is 17.3 Å². The number of aromatic nitrogens is 2. The number of carbonyl (C=O) groups is 1. The first kappa shape index (κ1) is 12.4. The summed E-state index contributed by atoms with van der Waals surface area (Å²) in [6.07, 6.45) is 0.454. The Bertz CT molecular complexity index is 345. The summed E-state index contributed by atoms with van der Waals surface area (Å²) >= 11 is 0. The van der Waals surface area contributed by atoms with Gasteiger partial charge in [-0.05, 0) is 20.8 Å². The number of nitrogens with one attached hydrogen (secondary N) is 2. The zero-order valence-corrected chi connectivity index (χ0v) is 10.0. The first-order valence-electron chi connectivity index (χ1n) is 5.44. The van der Waals surface area contributed by atoms with Crippen molar-refractivity contribution in [1.29, 1.82) is 0 Å². The predicted octanol–water partition coefficient (Wildman–Crippen LogP) is 1.03. The average molecular weight is 222 g/mol. The van der Waals surface area contributed by atoms with E-state index in [1.165, 1.54) is 0 Å². The third-order valence-electron chi connectivity index (χ3n) is 2.00. The van der Waals surface area contributed by atoms with E-state index in [0.29, 0.717) is 19.5 Å². The van der Waals surface area contributed by atoms with Gasteiger partial charge in [0.15, 0.2) is 0 Å². The van der Waals surface area contributed by atoms with Crippen LogP contribution in [0.15, 0.2) is 6.07 Å². The molecule has 0 unspecified atom stereocenters. The fraction of sp³-hybridized carbons (Fsp3) is 0.545. The second-order valence-electron chi connectivity index (χ2n) is 3.57. The highest BCUT2D eigenvalue weighted by molar-refractivity contribution is 5.76. The third kappa shape index (κ3) is 4.25. The van der Waals surface area contributed by atoms with Crippen molar-refractivity contribution in [3.8, 4) is 0 Å². The zero-order valence-electron chi connectivity index (χ0n) is 10.0. The lowest BCUT2D eigenvalue weighted by Crippen LogP contribution is -2.24. The number of aryl methyl sites for hydroxylation is 2. The number of nitrogens with zero attached hydrogens (tertiary/aromatic N) is 2. The van der Waals surface area contributed by atoms with Crippen LogP contribution in [0.2, 0.25) is 0 Å². The molecule has 5 nitrogen and oxygen atoms in total. The van der Waals surface area contributed by atoms with Gasteiger partial charge in [-0.15, -0.1) is 0 Å². The number of carbonyl (C=O) groups excluding carboxylic acids is 1. The van der Waals surface area contributed by atoms with Gasteiger partial charge in [0.1, 0.15) is 11.6 Å². The minimum Gasteiger partial charge on any atom is -0.369 e. The molecular weight excluding hydrogens is 204 g/mol. The maximum absolute atomic E-state index is 11.2. The summed E-state index contributed by atoms with van der Waals surface area (Å²) in [5, 5.41) is 5.85. The molecule has 0 atom stereocenters. The van der Waals surface area contributed by atoms with Gasteiger partial charge in [0.25, 0.3) is 0 Å². The number of hydrogen-bond donors (Lipinski definition) is 2. The van der Waals surface area contributed by atoms with Gasteiger partial charge in [0, 0.05) is 31.3 Å². The maximum atomic E-state index is 11.2. The summed E-state index contributed by atoms with van der Waals surface area (Å²) in [6, 6.07) is 1.87. The minimum atomic E-state index is 0.0532. The highest BCUT2D eigenvalue weighted by atomic mass is 16.1. The van der Waals surface area contributed by atoms with E-state index in [-0.39, 0.29) is 5.91 Å². The fourth-order valence-corrected chi connectivity index (χ4v) is 1.40. The first-order chi connectivity index (χ1) is 7.61. The quantitative estimate of drug-likeness (QED) is 0.781. The van der Waals surface area contributed by atoms with Gasteiger partial charge in [-0.1, -0.05) is 0 Å². The molecule has 0 spiro atoms. The molecule has 1 amide bonds. The Balaban J connectivity index is 2.40. The molecule has 5 heteroatoms. The molecule has 0 saturated heterocycles. The summed E-state index contributed by atoms with van der Waals surface area (Å²) in [5.74, 6) is 1.56. The molecule has 0 aliphatic carbocycles. The Labute approximate surface area is 95.7 Å². The maximum Gasteiger partial charge on any atom is 0.221 e. The average Bonchev–Trinajstić information content (AvgIpc) is 2.16. The van der Waals surface area contributed by atoms with Gasteiger partial charge < -0.3 is 10.6 Å². The van der Waals surface area contributed by atoms with Crippen molar-refractivity contribution in [2.75, 3.05) is 18.4 Å². The molecule has 16 heavy (non-hydrogen) atoms. The molecule has 0 bridgehead atoms. The number of anilines is 1. The van der Waals surface area contributed by atoms with Crippen LogP contribution in [0.5, 0.6) is 0 Å². The SMILES string of the molecule is CCNC(=O)CCNc1cc(C)nc(C)n1. The van der Waals surface area contributed by atoms with Crippen LogP contribution in [0.1, 0.15) is 24.9 Å². The van der Waals surface area contributed by atoms with Crippen molar-refractivity contribution in [2.45, 2.75) is 27.2 Å². The minimum absolute atomic E-state index is 0.0532. The van der Waals surface area contributed by atoms with Gasteiger partial charge in [0.2, 0.25) is 5.91 Å². The Morgan fingerprint density at radius 1 is 1.38 bits per heavy atom. The second-order valence-corrected chi connectivity index (χ2v) is 3.57. The summed E-state index contributed by atoms with van der Waals surface area (Å²) in [5.41, 5.74) is 0.924. The number of hydrogen-bond acceptors (Lipinski definition) is 4. The van der Waals surface area contributed by atoms with Gasteiger partial charge >= 0.3 is 0 Å². The van der Waals surface area contributed by atoms with Gasteiger partial charge in [-0.25, -0.2) is 9.97 Å². The highest BCUT2D eigenvalue weighted by Crippen LogP contribution is 2.05. The van der Waals surface area contributed by atoms with Crippen molar-refractivity contribution in [2.24, 2.45) is 0 Å². The van der Waals surface area contributed by atoms with E-state index in [1.807, 2.05) is 26.8 Å². The summed E-state index contributed by atoms with van der Waals surface area (Å²) in [4.78, 5) is 19.6. The summed E-state index contributed by atoms with van der Waals surface area (Å²) < 4.78 is 0. The van der Waals surface area contributed by atoms with Gasteiger partial charge in [-0.2, -0.15) is 0 Å². The fourth-order valence-electron chi connectivity index (χ4n) is 1.40. The van der Waals surface area contributed by atoms with Crippen LogP contribution in [0.3, 0.4) is 0 Å². The molecule has 88 valence electrons. The lowest BCUT2D eigenvalue weighted by molar-refractivity contribution is -0.120. The van der Waals surface area contributed by atoms with Crippen molar-refractivity contribution < 1.29 is 4.79 Å². The zero-order chi connectivity index (χ0) is 12.0. The highest BCUT2D eigenvalue weighted by Gasteiger charge is 2.01. The molecule has 1 aromatic rings. The van der Waals surface area contributed by atoms with Crippen LogP contribution in [-0.4, -0.2) is 29.0 Å². The standard InChI is InChI=1S/C11H18N4O/c1-4-12-11(16)5-6-13-10-7-8(2)14-9(3)15-10/h7H,4-6H2,1-3H3,(H,12,16)(H,13,14,15). The molecule has 0 radical (unpaired) electrons. The molecule has 1 aromatic heterocycles. The lowest BCUT2D eigenvalue weighted by Gasteiger charge is -2.06. The predicted molar refractivity (Wildman–Crippen MR) is 63.3 cm³/mol. The number of rotatable bonds is 5. The third-order valence-corrected chi connectivity index (χ3v) is 2.00. The van der Waals surface area contributed by atoms with Crippen LogP contribution in [0, 0.1) is 13.8 Å². The van der Waals surface area contributed by atoms with E-state index in [4.69, 9.17) is 0 Å². The molecule has 0 aromatic carbocycles. The van der Waals surface area contributed by atoms with Crippen LogP contribution in [0.25, 0.3) is 0 Å². The van der Waals surface area contributed by atoms with Crippen molar-refractivity contribution in [3.05, 3.63) is 17.6 Å². The van der Waals surface area contributed by atoms with E-state index in [1.54, 1.807) is 0 Å². The van der Waals surface area contributed by atoms with Gasteiger partial charge in [0.05, 0.1) is 0 Å². The molecular formula is C11H18N4O. The molecule has 1 rings (SSSR count). The van der Waals surface area contributed by atoms with E-state index >= 15 is 0 Å². The molecule has 1 heterocycles. The Morgan fingerprint density at radius 3 is 2.75 bits per heavy atom. The van der Waals surface area contributed by atoms with Gasteiger partial charge in [-0.3, -0.25) is 4.79 Å². The van der Waals surface area contributed by atoms with Crippen LogP contribution >= 0.6 is 0 Å². The Kier molecular flexibility index (Phi) is 4.69. The molecule has 2 N–H and O–H groups in total. The lowest BCUT2D eigenvalue weighted by atomic mass is 10.3. The molecule has 0 fully saturated rings. The normalized spacial score (nSPS) is 9.94. The van der Waals surface area contributed by atoms with Crippen molar-refractivity contribution in [1.82, 2.24) is 15.3 Å².